The minimum Gasteiger partial charge on any atom is -0.490 e. The average Bonchev–Trinajstić information content (AvgIpc) is 2.75. The van der Waals surface area contributed by atoms with Crippen molar-refractivity contribution in [3.05, 3.63) is 41.0 Å². The van der Waals surface area contributed by atoms with Gasteiger partial charge in [-0.15, -0.1) is 0 Å². The highest BCUT2D eigenvalue weighted by Crippen LogP contribution is 2.38. The highest BCUT2D eigenvalue weighted by Gasteiger charge is 2.31. The summed E-state index contributed by atoms with van der Waals surface area (Å²) in [5, 5.41) is 12.5. The van der Waals surface area contributed by atoms with Crippen LogP contribution in [-0.2, 0) is 4.74 Å². The van der Waals surface area contributed by atoms with Gasteiger partial charge in [0.25, 0.3) is 0 Å². The van der Waals surface area contributed by atoms with E-state index in [1.807, 2.05) is 19.9 Å². The van der Waals surface area contributed by atoms with Gasteiger partial charge < -0.3 is 19.5 Å². The molecule has 1 aromatic carbocycles. The molecule has 8 nitrogen and oxygen atoms in total. The van der Waals surface area contributed by atoms with Crippen LogP contribution in [0.25, 0.3) is 0 Å². The number of hydrogen-bond acceptors (Lipinski definition) is 7. The maximum absolute atomic E-state index is 12.5. The van der Waals surface area contributed by atoms with Gasteiger partial charge in [0.2, 0.25) is 5.75 Å². The van der Waals surface area contributed by atoms with Gasteiger partial charge in [-0.2, -0.15) is 5.26 Å². The molecule has 1 atom stereocenters. The summed E-state index contributed by atoms with van der Waals surface area (Å²) in [4.78, 5) is 18.4. The van der Waals surface area contributed by atoms with Crippen molar-refractivity contribution in [1.29, 1.82) is 5.26 Å². The molecule has 0 radical (unpaired) electrons. The zero-order valence-electron chi connectivity index (χ0n) is 17.7. The van der Waals surface area contributed by atoms with Crippen molar-refractivity contribution in [3.63, 3.8) is 0 Å². The Hall–Kier alpha value is -3.18. The molecule has 0 aliphatic carbocycles. The summed E-state index contributed by atoms with van der Waals surface area (Å²) in [6.07, 6.45) is 3.02. The van der Waals surface area contributed by atoms with Crippen molar-refractivity contribution in [2.75, 3.05) is 19.0 Å². The highest BCUT2D eigenvalue weighted by molar-refractivity contribution is 6.33. The van der Waals surface area contributed by atoms with Gasteiger partial charge in [0.15, 0.2) is 17.8 Å². The summed E-state index contributed by atoms with van der Waals surface area (Å²) in [6, 6.07) is 8.65. The first kappa shape index (κ1) is 22.5. The Balaban J connectivity index is 1.83. The number of aromatic nitrogens is 1. The van der Waals surface area contributed by atoms with E-state index in [0.29, 0.717) is 46.6 Å². The number of likely N-dealkylation sites (tertiary alicyclic amines) is 1. The first-order chi connectivity index (χ1) is 14.9. The van der Waals surface area contributed by atoms with Crippen LogP contribution in [0.1, 0.15) is 38.7 Å². The number of rotatable bonds is 6. The van der Waals surface area contributed by atoms with E-state index >= 15 is 0 Å². The van der Waals surface area contributed by atoms with Gasteiger partial charge >= 0.3 is 6.09 Å². The molecule has 9 heteroatoms. The predicted molar refractivity (Wildman–Crippen MR) is 117 cm³/mol. The fourth-order valence-corrected chi connectivity index (χ4v) is 3.50. The van der Waals surface area contributed by atoms with E-state index < -0.39 is 12.3 Å². The lowest BCUT2D eigenvalue weighted by molar-refractivity contribution is -0.0153. The molecule has 2 heterocycles. The molecular formula is C22H25ClN4O4. The highest BCUT2D eigenvalue weighted by atomic mass is 35.5. The van der Waals surface area contributed by atoms with Crippen molar-refractivity contribution in [1.82, 2.24) is 9.88 Å². The number of piperidine rings is 1. The number of carbonyl (C=O) groups excluding carboxylic acids is 1. The number of halogens is 1. The topological polar surface area (TPSA) is 96.7 Å². The van der Waals surface area contributed by atoms with Crippen LogP contribution in [0, 0.1) is 11.3 Å². The second-order valence-electron chi connectivity index (χ2n) is 7.32. The number of nitrogens with zero attached hydrogens (tertiary/aromatic N) is 3. The maximum Gasteiger partial charge on any atom is 0.412 e. The van der Waals surface area contributed by atoms with Crippen LogP contribution < -0.4 is 14.8 Å². The summed E-state index contributed by atoms with van der Waals surface area (Å²) in [6.45, 7) is 4.20. The van der Waals surface area contributed by atoms with Gasteiger partial charge in [-0.05, 0) is 44.9 Å². The molecule has 31 heavy (non-hydrogen) atoms. The van der Waals surface area contributed by atoms with Crippen LogP contribution in [0.4, 0.5) is 16.3 Å². The Kier molecular flexibility index (Phi) is 7.42. The Bertz CT molecular complexity index is 976. The molecule has 1 N–H and O–H groups in total. The number of ether oxygens (including phenoxy) is 3. The molecular weight excluding hydrogens is 420 g/mol. The number of pyridine rings is 1. The third-order valence-electron chi connectivity index (χ3n) is 4.71. The van der Waals surface area contributed by atoms with E-state index in [4.69, 9.17) is 31.1 Å². The van der Waals surface area contributed by atoms with Gasteiger partial charge in [0, 0.05) is 25.2 Å². The zero-order valence-corrected chi connectivity index (χ0v) is 18.5. The number of methoxy groups -OCH3 is 1. The Labute approximate surface area is 186 Å². The van der Waals surface area contributed by atoms with E-state index in [2.05, 4.69) is 10.3 Å². The minimum absolute atomic E-state index is 0.210. The molecule has 2 aromatic rings. The lowest BCUT2D eigenvalue weighted by atomic mass is 10.1. The monoisotopic (exact) mass is 444 g/mol. The van der Waals surface area contributed by atoms with Gasteiger partial charge in [-0.1, -0.05) is 11.6 Å². The average molecular weight is 445 g/mol. The standard InChI is InChI=1S/C22H25ClN4O4/c1-14(2)30-22(28)27-11-5-4-6-19(27)31-18-9-10-25-21(20(18)29-3)26-17-8-7-15(13-24)12-16(17)23/h7-10,12,14,19H,4-6,11H2,1-3H3,(H,25,26). The molecule has 1 unspecified atom stereocenters. The number of nitrogens with one attached hydrogen (secondary N) is 1. The minimum atomic E-state index is -0.470. The molecule has 0 spiro atoms. The molecule has 1 aliphatic rings. The van der Waals surface area contributed by atoms with E-state index in [1.54, 1.807) is 35.4 Å². The summed E-state index contributed by atoms with van der Waals surface area (Å²) in [5.74, 6) is 1.23. The van der Waals surface area contributed by atoms with Crippen LogP contribution in [-0.4, -0.2) is 42.0 Å². The van der Waals surface area contributed by atoms with Crippen LogP contribution in [0.3, 0.4) is 0 Å². The van der Waals surface area contributed by atoms with Crippen molar-refractivity contribution < 1.29 is 19.0 Å². The number of benzene rings is 1. The second-order valence-corrected chi connectivity index (χ2v) is 7.72. The van der Waals surface area contributed by atoms with E-state index in [0.717, 1.165) is 12.8 Å². The molecule has 1 amide bonds. The molecule has 3 rings (SSSR count). The molecule has 0 bridgehead atoms. The first-order valence-electron chi connectivity index (χ1n) is 10.1. The smallest absolute Gasteiger partial charge is 0.412 e. The van der Waals surface area contributed by atoms with Crippen molar-refractivity contribution in [2.45, 2.75) is 45.4 Å². The lowest BCUT2D eigenvalue weighted by Gasteiger charge is -2.35. The van der Waals surface area contributed by atoms with E-state index in [-0.39, 0.29) is 6.10 Å². The van der Waals surface area contributed by atoms with Gasteiger partial charge in [-0.25, -0.2) is 9.78 Å². The van der Waals surface area contributed by atoms with Crippen molar-refractivity contribution >= 4 is 29.2 Å². The van der Waals surface area contributed by atoms with Crippen molar-refractivity contribution in [2.24, 2.45) is 0 Å². The van der Waals surface area contributed by atoms with Gasteiger partial charge in [-0.3, -0.25) is 4.90 Å². The molecule has 1 aromatic heterocycles. The fourth-order valence-electron chi connectivity index (χ4n) is 3.27. The molecule has 1 saturated heterocycles. The van der Waals surface area contributed by atoms with Crippen LogP contribution in [0.5, 0.6) is 11.5 Å². The van der Waals surface area contributed by atoms with E-state index in [9.17, 15) is 4.79 Å². The molecule has 1 aliphatic heterocycles. The van der Waals surface area contributed by atoms with E-state index in [1.165, 1.54) is 7.11 Å². The SMILES string of the molecule is COc1c(OC2CCCCN2C(=O)OC(C)C)ccnc1Nc1ccc(C#N)cc1Cl. The number of hydrogen-bond donors (Lipinski definition) is 1. The zero-order chi connectivity index (χ0) is 22.4. The summed E-state index contributed by atoms with van der Waals surface area (Å²) >= 11 is 6.27. The summed E-state index contributed by atoms with van der Waals surface area (Å²) in [5.41, 5.74) is 1.03. The molecule has 164 valence electrons. The first-order valence-corrected chi connectivity index (χ1v) is 10.4. The third kappa shape index (κ3) is 5.50. The van der Waals surface area contributed by atoms with Crippen LogP contribution in [0.2, 0.25) is 5.02 Å². The quantitative estimate of drug-likeness (QED) is 0.662. The largest absolute Gasteiger partial charge is 0.490 e. The fraction of sp³-hybridized carbons (Fsp3) is 0.409. The Morgan fingerprint density at radius 3 is 2.84 bits per heavy atom. The van der Waals surface area contributed by atoms with Crippen LogP contribution in [0.15, 0.2) is 30.5 Å². The Morgan fingerprint density at radius 1 is 1.35 bits per heavy atom. The predicted octanol–water partition coefficient (Wildman–Crippen LogP) is 5.09. The lowest BCUT2D eigenvalue weighted by Crippen LogP contribution is -2.47. The second kappa shape index (κ2) is 10.2. The van der Waals surface area contributed by atoms with Gasteiger partial charge in [0.05, 0.1) is 35.6 Å². The normalized spacial score (nSPS) is 15.9. The number of anilines is 2. The number of nitriles is 1. The molecule has 1 fully saturated rings. The Morgan fingerprint density at radius 2 is 2.16 bits per heavy atom. The van der Waals surface area contributed by atoms with Crippen molar-refractivity contribution in [3.8, 4) is 17.6 Å². The van der Waals surface area contributed by atoms with Crippen LogP contribution >= 0.6 is 11.6 Å². The maximum atomic E-state index is 12.5. The number of amides is 1. The summed E-state index contributed by atoms with van der Waals surface area (Å²) in [7, 11) is 1.51. The van der Waals surface area contributed by atoms with Gasteiger partial charge in [0.1, 0.15) is 0 Å². The summed E-state index contributed by atoms with van der Waals surface area (Å²) < 4.78 is 17.1. The number of carbonyl (C=O) groups is 1. The third-order valence-corrected chi connectivity index (χ3v) is 5.02. The molecule has 0 saturated carbocycles.